The number of benzene rings is 2. The van der Waals surface area contributed by atoms with Gasteiger partial charge in [0, 0.05) is 22.5 Å². The van der Waals surface area contributed by atoms with Gasteiger partial charge in [0.05, 0.1) is 11.1 Å². The summed E-state index contributed by atoms with van der Waals surface area (Å²) < 4.78 is 8.74. The van der Waals surface area contributed by atoms with Crippen molar-refractivity contribution in [2.24, 2.45) is 7.05 Å². The van der Waals surface area contributed by atoms with Crippen LogP contribution in [0.5, 0.6) is 0 Å². The van der Waals surface area contributed by atoms with Crippen molar-refractivity contribution in [2.75, 3.05) is 0 Å². The van der Waals surface area contributed by atoms with E-state index in [0.717, 1.165) is 39.2 Å². The van der Waals surface area contributed by atoms with E-state index in [1.165, 1.54) is 53.6 Å². The van der Waals surface area contributed by atoms with Gasteiger partial charge in [0.15, 0.2) is 11.8 Å². The van der Waals surface area contributed by atoms with E-state index in [-0.39, 0.29) is 0 Å². The van der Waals surface area contributed by atoms with E-state index in [4.69, 9.17) is 9.40 Å². The average molecular weight is 462 g/mol. The zero-order valence-electron chi connectivity index (χ0n) is 21.1. The highest BCUT2D eigenvalue weighted by atomic mass is 16.3. The molecule has 1 fully saturated rings. The predicted octanol–water partition coefficient (Wildman–Crippen LogP) is 8.23. The van der Waals surface area contributed by atoms with E-state index in [9.17, 15) is 0 Å². The SMILES string of the molecule is Cc1ccc2c(oc3nc(C(C)C)ccc32)c1-c1c(-c2ccc(C3CCCC3)cc2)ccc[n+]1C. The van der Waals surface area contributed by atoms with Crippen LogP contribution in [-0.2, 0) is 7.05 Å². The molecule has 0 unspecified atom stereocenters. The highest BCUT2D eigenvalue weighted by molar-refractivity contribution is 6.09. The van der Waals surface area contributed by atoms with Crippen molar-refractivity contribution in [3.63, 3.8) is 0 Å². The summed E-state index contributed by atoms with van der Waals surface area (Å²) in [7, 11) is 2.13. The van der Waals surface area contributed by atoms with Crippen LogP contribution < -0.4 is 4.57 Å². The van der Waals surface area contributed by atoms with E-state index in [0.29, 0.717) is 5.92 Å². The first-order valence-corrected chi connectivity index (χ1v) is 12.9. The van der Waals surface area contributed by atoms with Gasteiger partial charge in [-0.25, -0.2) is 9.55 Å². The number of furan rings is 1. The molecule has 3 heterocycles. The fraction of sp³-hybridized carbons (Fsp3) is 0.312. The molecule has 3 nitrogen and oxygen atoms in total. The van der Waals surface area contributed by atoms with Gasteiger partial charge in [0.2, 0.25) is 11.4 Å². The molecule has 3 heteroatoms. The number of fused-ring (bicyclic) bond motifs is 3. The zero-order valence-corrected chi connectivity index (χ0v) is 21.1. The van der Waals surface area contributed by atoms with E-state index >= 15 is 0 Å². The lowest BCUT2D eigenvalue weighted by Crippen LogP contribution is -2.31. The van der Waals surface area contributed by atoms with Crippen LogP contribution in [0.4, 0.5) is 0 Å². The van der Waals surface area contributed by atoms with Gasteiger partial charge in [-0.05, 0) is 66.5 Å². The molecule has 1 aliphatic rings. The fourth-order valence-electron chi connectivity index (χ4n) is 5.80. The highest BCUT2D eigenvalue weighted by Crippen LogP contribution is 2.41. The highest BCUT2D eigenvalue weighted by Gasteiger charge is 2.25. The Hall–Kier alpha value is -3.46. The Morgan fingerprint density at radius 1 is 0.914 bits per heavy atom. The van der Waals surface area contributed by atoms with Crippen LogP contribution in [0, 0.1) is 6.92 Å². The summed E-state index contributed by atoms with van der Waals surface area (Å²) in [4.78, 5) is 4.85. The summed E-state index contributed by atoms with van der Waals surface area (Å²) in [5.74, 6) is 1.09. The van der Waals surface area contributed by atoms with Crippen LogP contribution in [-0.4, -0.2) is 4.98 Å². The second-order valence-electron chi connectivity index (χ2n) is 10.5. The summed E-state index contributed by atoms with van der Waals surface area (Å²) in [5.41, 5.74) is 10.2. The molecule has 5 aromatic rings. The van der Waals surface area contributed by atoms with Gasteiger partial charge in [0.25, 0.3) is 0 Å². The number of nitrogens with zero attached hydrogens (tertiary/aromatic N) is 2. The summed E-state index contributed by atoms with van der Waals surface area (Å²) in [6, 6.07) is 22.3. The fourth-order valence-corrected chi connectivity index (χ4v) is 5.80. The second kappa shape index (κ2) is 8.64. The molecule has 0 atom stereocenters. The Labute approximate surface area is 207 Å². The van der Waals surface area contributed by atoms with Gasteiger partial charge < -0.3 is 4.42 Å². The topological polar surface area (TPSA) is 29.9 Å². The van der Waals surface area contributed by atoms with Gasteiger partial charge in [-0.1, -0.05) is 63.1 Å². The van der Waals surface area contributed by atoms with Gasteiger partial charge in [-0.2, -0.15) is 0 Å². The quantitative estimate of drug-likeness (QED) is 0.252. The second-order valence-corrected chi connectivity index (χ2v) is 10.5. The number of rotatable bonds is 4. The van der Waals surface area contributed by atoms with Crippen molar-refractivity contribution >= 4 is 22.1 Å². The Morgan fingerprint density at radius 2 is 1.66 bits per heavy atom. The molecule has 3 aromatic heterocycles. The molecular formula is C32H33N2O+. The van der Waals surface area contributed by atoms with Crippen molar-refractivity contribution in [2.45, 2.75) is 58.3 Å². The molecule has 0 aliphatic heterocycles. The molecule has 0 spiro atoms. The maximum atomic E-state index is 6.52. The first-order chi connectivity index (χ1) is 17.0. The van der Waals surface area contributed by atoms with Crippen LogP contribution in [0.15, 0.2) is 71.3 Å². The zero-order chi connectivity index (χ0) is 24.1. The Bertz CT molecular complexity index is 1540. The van der Waals surface area contributed by atoms with Gasteiger partial charge in [-0.3, -0.25) is 0 Å². The molecule has 0 radical (unpaired) electrons. The van der Waals surface area contributed by atoms with Gasteiger partial charge in [0.1, 0.15) is 7.05 Å². The third-order valence-corrected chi connectivity index (χ3v) is 7.79. The lowest BCUT2D eigenvalue weighted by molar-refractivity contribution is -0.659. The van der Waals surface area contributed by atoms with Crippen LogP contribution in [0.1, 0.15) is 68.2 Å². The Morgan fingerprint density at radius 3 is 2.40 bits per heavy atom. The summed E-state index contributed by atoms with van der Waals surface area (Å²) in [6.07, 6.45) is 7.50. The van der Waals surface area contributed by atoms with Crippen LogP contribution >= 0.6 is 0 Å². The maximum absolute atomic E-state index is 6.52. The molecule has 0 bridgehead atoms. The van der Waals surface area contributed by atoms with E-state index in [2.05, 4.69) is 99.2 Å². The van der Waals surface area contributed by atoms with E-state index in [1.54, 1.807) is 0 Å². The largest absolute Gasteiger partial charge is 0.437 e. The number of hydrogen-bond acceptors (Lipinski definition) is 2. The first kappa shape index (κ1) is 22.0. The minimum absolute atomic E-state index is 0.361. The van der Waals surface area contributed by atoms with Crippen LogP contribution in [0.3, 0.4) is 0 Å². The molecule has 176 valence electrons. The van der Waals surface area contributed by atoms with Crippen molar-refractivity contribution in [3.05, 3.63) is 83.7 Å². The van der Waals surface area contributed by atoms with Crippen LogP contribution in [0.25, 0.3) is 44.5 Å². The smallest absolute Gasteiger partial charge is 0.227 e. The van der Waals surface area contributed by atoms with Crippen molar-refractivity contribution in [1.29, 1.82) is 0 Å². The molecule has 0 saturated heterocycles. The lowest BCUT2D eigenvalue weighted by atomic mass is 9.92. The van der Waals surface area contributed by atoms with Gasteiger partial charge in [-0.15, -0.1) is 0 Å². The number of hydrogen-bond donors (Lipinski definition) is 0. The van der Waals surface area contributed by atoms with Crippen molar-refractivity contribution in [1.82, 2.24) is 4.98 Å². The molecule has 6 rings (SSSR count). The number of pyridine rings is 2. The maximum Gasteiger partial charge on any atom is 0.227 e. The minimum atomic E-state index is 0.361. The number of aromatic nitrogens is 2. The third-order valence-electron chi connectivity index (χ3n) is 7.79. The molecule has 0 N–H and O–H groups in total. The summed E-state index contributed by atoms with van der Waals surface area (Å²) in [5, 5.41) is 2.20. The van der Waals surface area contributed by atoms with Crippen LogP contribution in [0.2, 0.25) is 0 Å². The molecule has 0 amide bonds. The molecule has 35 heavy (non-hydrogen) atoms. The van der Waals surface area contributed by atoms with Gasteiger partial charge >= 0.3 is 0 Å². The monoisotopic (exact) mass is 461 g/mol. The van der Waals surface area contributed by atoms with Crippen molar-refractivity contribution < 1.29 is 8.98 Å². The lowest BCUT2D eigenvalue weighted by Gasteiger charge is -2.13. The summed E-state index contributed by atoms with van der Waals surface area (Å²) >= 11 is 0. The van der Waals surface area contributed by atoms with E-state index in [1.807, 2.05) is 0 Å². The molecule has 2 aromatic carbocycles. The third kappa shape index (κ3) is 3.74. The predicted molar refractivity (Wildman–Crippen MR) is 144 cm³/mol. The van der Waals surface area contributed by atoms with Crippen molar-refractivity contribution in [3.8, 4) is 22.4 Å². The standard InChI is InChI=1S/C32H33N2O/c1-20(2)28-18-17-27-26-16-11-21(3)29(31(26)35-32(27)33-28)30-25(10-7-19-34(30)4)24-14-12-23(13-15-24)22-8-5-6-9-22/h7,10-20,22H,5-6,8-9H2,1-4H3/q+1. The average Bonchev–Trinajstić information content (AvgIpc) is 3.52. The normalized spacial score (nSPS) is 14.5. The molecule has 1 saturated carbocycles. The Balaban J connectivity index is 1.55. The number of aryl methyl sites for hydroxylation is 2. The van der Waals surface area contributed by atoms with E-state index < -0.39 is 0 Å². The minimum Gasteiger partial charge on any atom is -0.437 e. The molecular weight excluding hydrogens is 428 g/mol. The summed E-state index contributed by atoms with van der Waals surface area (Å²) in [6.45, 7) is 6.51. The molecule has 1 aliphatic carbocycles. The Kier molecular flexibility index (Phi) is 5.44. The first-order valence-electron chi connectivity index (χ1n) is 12.9.